The molecule has 2 N–H and O–H groups in total. The van der Waals surface area contributed by atoms with Gasteiger partial charge >= 0.3 is 0 Å². The van der Waals surface area contributed by atoms with Gasteiger partial charge in [-0.25, -0.2) is 0 Å². The molecular formula is C16H26N2. The SMILES string of the molecule is CCCCC(CC)CN1Cc2ccc(N)cc2C1. The van der Waals surface area contributed by atoms with Crippen LogP contribution >= 0.6 is 0 Å². The van der Waals surface area contributed by atoms with Crippen molar-refractivity contribution in [3.8, 4) is 0 Å². The van der Waals surface area contributed by atoms with Crippen molar-refractivity contribution in [1.82, 2.24) is 4.90 Å². The van der Waals surface area contributed by atoms with E-state index in [4.69, 9.17) is 5.73 Å². The number of hydrogen-bond donors (Lipinski definition) is 1. The Balaban J connectivity index is 1.90. The summed E-state index contributed by atoms with van der Waals surface area (Å²) in [6.45, 7) is 8.04. The van der Waals surface area contributed by atoms with Crippen molar-refractivity contribution in [3.05, 3.63) is 29.3 Å². The lowest BCUT2D eigenvalue weighted by atomic mass is 9.99. The largest absolute Gasteiger partial charge is 0.399 e. The summed E-state index contributed by atoms with van der Waals surface area (Å²) in [5, 5.41) is 0. The Kier molecular flexibility index (Phi) is 4.65. The first-order valence-corrected chi connectivity index (χ1v) is 7.32. The van der Waals surface area contributed by atoms with E-state index in [0.717, 1.165) is 24.7 Å². The minimum Gasteiger partial charge on any atom is -0.399 e. The molecular weight excluding hydrogens is 220 g/mol. The summed E-state index contributed by atoms with van der Waals surface area (Å²) < 4.78 is 0. The zero-order valence-corrected chi connectivity index (χ0v) is 11.8. The van der Waals surface area contributed by atoms with E-state index < -0.39 is 0 Å². The summed E-state index contributed by atoms with van der Waals surface area (Å²) in [6, 6.07) is 6.36. The maximum absolute atomic E-state index is 5.85. The van der Waals surface area contributed by atoms with Crippen LogP contribution in [0.15, 0.2) is 18.2 Å². The van der Waals surface area contributed by atoms with Gasteiger partial charge in [-0.05, 0) is 35.6 Å². The quantitative estimate of drug-likeness (QED) is 0.774. The molecule has 1 aliphatic heterocycles. The molecule has 0 amide bonds. The number of hydrogen-bond acceptors (Lipinski definition) is 2. The Morgan fingerprint density at radius 2 is 2.00 bits per heavy atom. The third-order valence-electron chi connectivity index (χ3n) is 4.08. The summed E-state index contributed by atoms with van der Waals surface area (Å²) in [5.74, 6) is 0.858. The molecule has 2 nitrogen and oxygen atoms in total. The van der Waals surface area contributed by atoms with Crippen LogP contribution in [0.3, 0.4) is 0 Å². The molecule has 1 atom stereocenters. The second-order valence-electron chi connectivity index (χ2n) is 5.61. The predicted molar refractivity (Wildman–Crippen MR) is 78.3 cm³/mol. The van der Waals surface area contributed by atoms with Crippen molar-refractivity contribution in [2.45, 2.75) is 52.6 Å². The lowest BCUT2D eigenvalue weighted by Crippen LogP contribution is -2.24. The average Bonchev–Trinajstić information content (AvgIpc) is 2.75. The molecule has 2 heteroatoms. The van der Waals surface area contributed by atoms with Gasteiger partial charge < -0.3 is 5.73 Å². The Hall–Kier alpha value is -1.02. The van der Waals surface area contributed by atoms with Crippen LogP contribution in [0, 0.1) is 5.92 Å². The molecule has 0 fully saturated rings. The predicted octanol–water partition coefficient (Wildman–Crippen LogP) is 3.80. The second-order valence-corrected chi connectivity index (χ2v) is 5.61. The third-order valence-corrected chi connectivity index (χ3v) is 4.08. The van der Waals surface area contributed by atoms with Gasteiger partial charge in [0.15, 0.2) is 0 Å². The van der Waals surface area contributed by atoms with E-state index in [9.17, 15) is 0 Å². The van der Waals surface area contributed by atoms with Crippen LogP contribution in [0.2, 0.25) is 0 Å². The Morgan fingerprint density at radius 1 is 1.22 bits per heavy atom. The molecule has 18 heavy (non-hydrogen) atoms. The fourth-order valence-electron chi connectivity index (χ4n) is 2.90. The highest BCUT2D eigenvalue weighted by Gasteiger charge is 2.21. The van der Waals surface area contributed by atoms with Crippen LogP contribution in [-0.2, 0) is 13.1 Å². The zero-order chi connectivity index (χ0) is 13.0. The first-order valence-electron chi connectivity index (χ1n) is 7.32. The molecule has 0 bridgehead atoms. The van der Waals surface area contributed by atoms with Crippen LogP contribution in [0.4, 0.5) is 5.69 Å². The van der Waals surface area contributed by atoms with Gasteiger partial charge in [0.1, 0.15) is 0 Å². The summed E-state index contributed by atoms with van der Waals surface area (Å²) in [7, 11) is 0. The van der Waals surface area contributed by atoms with E-state index in [1.165, 1.54) is 43.4 Å². The molecule has 1 unspecified atom stereocenters. The smallest absolute Gasteiger partial charge is 0.0317 e. The number of fused-ring (bicyclic) bond motifs is 1. The monoisotopic (exact) mass is 246 g/mol. The summed E-state index contributed by atoms with van der Waals surface area (Å²) in [4.78, 5) is 2.58. The first-order chi connectivity index (χ1) is 8.72. The molecule has 0 aromatic heterocycles. The van der Waals surface area contributed by atoms with Gasteiger partial charge in [0.25, 0.3) is 0 Å². The van der Waals surface area contributed by atoms with Crippen LogP contribution in [-0.4, -0.2) is 11.4 Å². The molecule has 1 aromatic carbocycles. The van der Waals surface area contributed by atoms with Gasteiger partial charge in [-0.3, -0.25) is 4.90 Å². The fraction of sp³-hybridized carbons (Fsp3) is 0.625. The minimum atomic E-state index is 0.858. The number of benzene rings is 1. The highest BCUT2D eigenvalue weighted by molar-refractivity contribution is 5.46. The van der Waals surface area contributed by atoms with Crippen LogP contribution in [0.25, 0.3) is 0 Å². The molecule has 0 aliphatic carbocycles. The molecule has 1 aromatic rings. The van der Waals surface area contributed by atoms with Gasteiger partial charge in [-0.1, -0.05) is 39.2 Å². The lowest BCUT2D eigenvalue weighted by molar-refractivity contribution is 0.223. The Bertz CT molecular complexity index is 387. The summed E-state index contributed by atoms with van der Waals surface area (Å²) >= 11 is 0. The van der Waals surface area contributed by atoms with E-state index in [2.05, 4.69) is 30.9 Å². The topological polar surface area (TPSA) is 29.3 Å². The molecule has 0 saturated carbocycles. The standard InChI is InChI=1S/C16H26N2/c1-3-5-6-13(4-2)10-18-11-14-7-8-16(17)9-15(14)12-18/h7-9,13H,3-6,10-12,17H2,1-2H3. The second kappa shape index (κ2) is 6.24. The maximum atomic E-state index is 5.85. The maximum Gasteiger partial charge on any atom is 0.0317 e. The zero-order valence-electron chi connectivity index (χ0n) is 11.8. The van der Waals surface area contributed by atoms with Gasteiger partial charge in [-0.15, -0.1) is 0 Å². The highest BCUT2D eigenvalue weighted by atomic mass is 15.1. The fourth-order valence-corrected chi connectivity index (χ4v) is 2.90. The number of anilines is 1. The van der Waals surface area contributed by atoms with Gasteiger partial charge in [0, 0.05) is 25.3 Å². The van der Waals surface area contributed by atoms with Crippen LogP contribution < -0.4 is 5.73 Å². The van der Waals surface area contributed by atoms with Crippen molar-refractivity contribution < 1.29 is 0 Å². The van der Waals surface area contributed by atoms with Crippen molar-refractivity contribution in [1.29, 1.82) is 0 Å². The number of nitrogen functional groups attached to an aromatic ring is 1. The summed E-state index contributed by atoms with van der Waals surface area (Å²) in [5.41, 5.74) is 9.65. The van der Waals surface area contributed by atoms with Crippen molar-refractivity contribution >= 4 is 5.69 Å². The van der Waals surface area contributed by atoms with Gasteiger partial charge in [0.2, 0.25) is 0 Å². The molecule has 0 radical (unpaired) electrons. The van der Waals surface area contributed by atoms with Crippen molar-refractivity contribution in [2.24, 2.45) is 5.92 Å². The van der Waals surface area contributed by atoms with E-state index in [1.54, 1.807) is 0 Å². The molecule has 0 saturated heterocycles. The first kappa shape index (κ1) is 13.4. The lowest BCUT2D eigenvalue weighted by Gasteiger charge is -2.22. The average molecular weight is 246 g/mol. The van der Waals surface area contributed by atoms with E-state index in [1.807, 2.05) is 6.07 Å². The van der Waals surface area contributed by atoms with E-state index in [0.29, 0.717) is 0 Å². The van der Waals surface area contributed by atoms with Crippen molar-refractivity contribution in [2.75, 3.05) is 12.3 Å². The normalized spacial score (nSPS) is 16.8. The van der Waals surface area contributed by atoms with Gasteiger partial charge in [-0.2, -0.15) is 0 Å². The minimum absolute atomic E-state index is 0.858. The summed E-state index contributed by atoms with van der Waals surface area (Å²) in [6.07, 6.45) is 5.36. The number of unbranched alkanes of at least 4 members (excludes halogenated alkanes) is 1. The molecule has 1 aliphatic rings. The molecule has 0 spiro atoms. The van der Waals surface area contributed by atoms with Gasteiger partial charge in [0.05, 0.1) is 0 Å². The third kappa shape index (κ3) is 3.26. The number of rotatable bonds is 6. The molecule has 2 rings (SSSR count). The van der Waals surface area contributed by atoms with Crippen LogP contribution in [0.1, 0.15) is 50.7 Å². The highest BCUT2D eigenvalue weighted by Crippen LogP contribution is 2.26. The molecule has 1 heterocycles. The number of nitrogens with zero attached hydrogens (tertiary/aromatic N) is 1. The molecule has 100 valence electrons. The van der Waals surface area contributed by atoms with Crippen LogP contribution in [0.5, 0.6) is 0 Å². The van der Waals surface area contributed by atoms with E-state index in [-0.39, 0.29) is 0 Å². The number of nitrogens with two attached hydrogens (primary N) is 1. The van der Waals surface area contributed by atoms with E-state index >= 15 is 0 Å². The Labute approximate surface area is 111 Å². The Morgan fingerprint density at radius 3 is 2.72 bits per heavy atom. The van der Waals surface area contributed by atoms with Crippen molar-refractivity contribution in [3.63, 3.8) is 0 Å².